The molecule has 1 aromatic carbocycles. The van der Waals surface area contributed by atoms with E-state index in [9.17, 15) is 8.42 Å². The highest BCUT2D eigenvalue weighted by Gasteiger charge is 2.22. The summed E-state index contributed by atoms with van der Waals surface area (Å²) < 4.78 is 26.5. The monoisotopic (exact) mass is 292 g/mol. The first-order chi connectivity index (χ1) is 8.31. The summed E-state index contributed by atoms with van der Waals surface area (Å²) in [5, 5.41) is 9.13. The SMILES string of the molecule is CCC(CO)NS(=O)(=O)c1cc(N)c(C)cc1Cl. The summed E-state index contributed by atoms with van der Waals surface area (Å²) in [5.41, 5.74) is 6.76. The zero-order chi connectivity index (χ0) is 13.9. The highest BCUT2D eigenvalue weighted by Crippen LogP contribution is 2.26. The fraction of sp³-hybridized carbons (Fsp3) is 0.455. The van der Waals surface area contributed by atoms with Gasteiger partial charge in [-0.25, -0.2) is 13.1 Å². The topological polar surface area (TPSA) is 92.4 Å². The van der Waals surface area contributed by atoms with Crippen LogP contribution in [-0.2, 0) is 10.0 Å². The maximum Gasteiger partial charge on any atom is 0.242 e. The Bertz CT molecular complexity index is 527. The average Bonchev–Trinajstić information content (AvgIpc) is 2.30. The average molecular weight is 293 g/mol. The molecule has 4 N–H and O–H groups in total. The van der Waals surface area contributed by atoms with Crippen LogP contribution in [0.3, 0.4) is 0 Å². The molecule has 0 radical (unpaired) electrons. The van der Waals surface area contributed by atoms with Gasteiger partial charge in [-0.3, -0.25) is 0 Å². The highest BCUT2D eigenvalue weighted by molar-refractivity contribution is 7.89. The number of benzene rings is 1. The van der Waals surface area contributed by atoms with Crippen LogP contribution in [0.4, 0.5) is 5.69 Å². The summed E-state index contributed by atoms with van der Waals surface area (Å²) in [6.07, 6.45) is 0.481. The van der Waals surface area contributed by atoms with Crippen molar-refractivity contribution in [1.82, 2.24) is 4.72 Å². The lowest BCUT2D eigenvalue weighted by atomic mass is 10.2. The molecule has 0 saturated heterocycles. The molecule has 0 heterocycles. The van der Waals surface area contributed by atoms with Crippen molar-refractivity contribution in [2.45, 2.75) is 31.2 Å². The lowest BCUT2D eigenvalue weighted by molar-refractivity contribution is 0.254. The van der Waals surface area contributed by atoms with E-state index in [4.69, 9.17) is 22.4 Å². The van der Waals surface area contributed by atoms with Crippen molar-refractivity contribution in [3.8, 4) is 0 Å². The Morgan fingerprint density at radius 3 is 2.61 bits per heavy atom. The van der Waals surface area contributed by atoms with E-state index in [1.807, 2.05) is 0 Å². The Hall–Kier alpha value is -0.820. The Morgan fingerprint density at radius 1 is 1.50 bits per heavy atom. The quantitative estimate of drug-likeness (QED) is 0.713. The highest BCUT2D eigenvalue weighted by atomic mass is 35.5. The minimum absolute atomic E-state index is 0.0702. The second kappa shape index (κ2) is 5.88. The van der Waals surface area contributed by atoms with Gasteiger partial charge >= 0.3 is 0 Å². The van der Waals surface area contributed by atoms with E-state index in [1.54, 1.807) is 13.8 Å². The number of halogens is 1. The molecule has 0 bridgehead atoms. The molecule has 0 aliphatic carbocycles. The van der Waals surface area contributed by atoms with E-state index >= 15 is 0 Å². The fourth-order valence-corrected chi connectivity index (χ4v) is 3.33. The van der Waals surface area contributed by atoms with Crippen LogP contribution in [0.1, 0.15) is 18.9 Å². The second-order valence-electron chi connectivity index (χ2n) is 4.05. The summed E-state index contributed by atoms with van der Waals surface area (Å²) in [4.78, 5) is -0.0702. The van der Waals surface area contributed by atoms with Crippen LogP contribution in [0.25, 0.3) is 0 Å². The Labute approximate surface area is 112 Å². The molecule has 5 nitrogen and oxygen atoms in total. The standard InChI is InChI=1S/C11H17ClN2O3S/c1-3-8(6-15)14-18(16,17)11-5-10(13)7(2)4-9(11)12/h4-5,8,14-15H,3,6,13H2,1-2H3. The van der Waals surface area contributed by atoms with Gasteiger partial charge in [-0.1, -0.05) is 18.5 Å². The van der Waals surface area contributed by atoms with Crippen molar-refractivity contribution in [2.24, 2.45) is 0 Å². The third kappa shape index (κ3) is 3.35. The first-order valence-corrected chi connectivity index (χ1v) is 7.36. The molecule has 1 unspecified atom stereocenters. The number of nitrogens with two attached hydrogens (primary N) is 1. The van der Waals surface area contributed by atoms with E-state index in [1.165, 1.54) is 12.1 Å². The van der Waals surface area contributed by atoms with Crippen LogP contribution in [0.15, 0.2) is 17.0 Å². The number of aryl methyl sites for hydroxylation is 1. The van der Waals surface area contributed by atoms with E-state index in [-0.39, 0.29) is 16.5 Å². The molecule has 1 atom stereocenters. The molecule has 102 valence electrons. The summed E-state index contributed by atoms with van der Waals surface area (Å²) in [7, 11) is -3.78. The first-order valence-electron chi connectivity index (χ1n) is 5.50. The van der Waals surface area contributed by atoms with Crippen LogP contribution in [0.5, 0.6) is 0 Å². The molecule has 0 saturated carbocycles. The smallest absolute Gasteiger partial charge is 0.242 e. The minimum Gasteiger partial charge on any atom is -0.398 e. The lowest BCUT2D eigenvalue weighted by Crippen LogP contribution is -2.37. The van der Waals surface area contributed by atoms with Gasteiger partial charge in [0.05, 0.1) is 11.6 Å². The third-order valence-corrected chi connectivity index (χ3v) is 4.63. The predicted molar refractivity (Wildman–Crippen MR) is 72.1 cm³/mol. The number of nitrogens with one attached hydrogen (secondary N) is 1. The zero-order valence-corrected chi connectivity index (χ0v) is 11.8. The molecular weight excluding hydrogens is 276 g/mol. The number of aliphatic hydroxyl groups is 1. The van der Waals surface area contributed by atoms with Gasteiger partial charge in [0.2, 0.25) is 10.0 Å². The van der Waals surface area contributed by atoms with Gasteiger partial charge in [-0.2, -0.15) is 0 Å². The summed E-state index contributed by atoms with van der Waals surface area (Å²) in [6, 6.07) is 2.30. The number of anilines is 1. The molecule has 7 heteroatoms. The Balaban J connectivity index is 3.16. The largest absolute Gasteiger partial charge is 0.398 e. The zero-order valence-electron chi connectivity index (χ0n) is 10.3. The molecule has 0 fully saturated rings. The molecular formula is C11H17ClN2O3S. The van der Waals surface area contributed by atoms with E-state index in [2.05, 4.69) is 4.72 Å². The Kier molecular flexibility index (Phi) is 4.98. The molecule has 0 aliphatic rings. The normalized spacial score (nSPS) is 13.6. The number of rotatable bonds is 5. The van der Waals surface area contributed by atoms with E-state index < -0.39 is 16.1 Å². The summed E-state index contributed by atoms with van der Waals surface area (Å²) >= 11 is 5.92. The van der Waals surface area contributed by atoms with Crippen molar-refractivity contribution in [3.63, 3.8) is 0 Å². The van der Waals surface area contributed by atoms with Crippen LogP contribution in [0, 0.1) is 6.92 Å². The summed E-state index contributed by atoms with van der Waals surface area (Å²) in [5.74, 6) is 0. The van der Waals surface area contributed by atoms with Gasteiger partial charge in [0.25, 0.3) is 0 Å². The number of aliphatic hydroxyl groups excluding tert-OH is 1. The molecule has 0 aromatic heterocycles. The van der Waals surface area contributed by atoms with E-state index in [0.717, 1.165) is 0 Å². The van der Waals surface area contributed by atoms with Gasteiger partial charge in [0, 0.05) is 11.7 Å². The van der Waals surface area contributed by atoms with Crippen LogP contribution < -0.4 is 10.5 Å². The first kappa shape index (κ1) is 15.2. The van der Waals surface area contributed by atoms with Crippen LogP contribution >= 0.6 is 11.6 Å². The maximum absolute atomic E-state index is 12.1. The minimum atomic E-state index is -3.78. The Morgan fingerprint density at radius 2 is 2.11 bits per heavy atom. The summed E-state index contributed by atoms with van der Waals surface area (Å²) in [6.45, 7) is 3.25. The van der Waals surface area contributed by atoms with Gasteiger partial charge in [-0.05, 0) is 31.0 Å². The predicted octanol–water partition coefficient (Wildman–Crippen LogP) is 1.28. The van der Waals surface area contributed by atoms with Crippen molar-refractivity contribution in [3.05, 3.63) is 22.7 Å². The lowest BCUT2D eigenvalue weighted by Gasteiger charge is -2.16. The molecule has 1 aromatic rings. The fourth-order valence-electron chi connectivity index (χ4n) is 1.41. The van der Waals surface area contributed by atoms with Crippen molar-refractivity contribution >= 4 is 27.3 Å². The van der Waals surface area contributed by atoms with Gasteiger partial charge in [0.1, 0.15) is 4.90 Å². The number of hydrogen-bond donors (Lipinski definition) is 3. The van der Waals surface area contributed by atoms with Gasteiger partial charge in [0.15, 0.2) is 0 Å². The number of sulfonamides is 1. The van der Waals surface area contributed by atoms with Gasteiger partial charge in [-0.15, -0.1) is 0 Å². The van der Waals surface area contributed by atoms with Crippen molar-refractivity contribution in [2.75, 3.05) is 12.3 Å². The number of hydrogen-bond acceptors (Lipinski definition) is 4. The molecule has 0 aliphatic heterocycles. The van der Waals surface area contributed by atoms with Crippen molar-refractivity contribution < 1.29 is 13.5 Å². The maximum atomic E-state index is 12.1. The number of nitrogen functional groups attached to an aromatic ring is 1. The molecule has 0 amide bonds. The molecule has 18 heavy (non-hydrogen) atoms. The molecule has 0 spiro atoms. The van der Waals surface area contributed by atoms with Crippen LogP contribution in [0.2, 0.25) is 5.02 Å². The molecule has 1 rings (SSSR count). The second-order valence-corrected chi connectivity index (χ2v) is 6.14. The van der Waals surface area contributed by atoms with Crippen LogP contribution in [-0.4, -0.2) is 26.2 Å². The van der Waals surface area contributed by atoms with Crippen molar-refractivity contribution in [1.29, 1.82) is 0 Å². The third-order valence-electron chi connectivity index (χ3n) is 2.65. The van der Waals surface area contributed by atoms with Gasteiger partial charge < -0.3 is 10.8 Å². The van der Waals surface area contributed by atoms with E-state index in [0.29, 0.717) is 17.7 Å².